The molecule has 0 unspecified atom stereocenters. The predicted molar refractivity (Wildman–Crippen MR) is 92.1 cm³/mol. The second-order valence-electron chi connectivity index (χ2n) is 5.94. The molecule has 0 aliphatic rings. The Kier molecular flexibility index (Phi) is 9.26. The molecule has 126 valence electrons. The highest BCUT2D eigenvalue weighted by Crippen LogP contribution is 1.96. The minimum Gasteiger partial charge on any atom is -0.356 e. The van der Waals surface area contributed by atoms with Gasteiger partial charge in [-0.2, -0.15) is 0 Å². The number of aliphatic imine (C=N–C) groups is 1. The summed E-state index contributed by atoms with van der Waals surface area (Å²) in [6, 6.07) is 0. The highest BCUT2D eigenvalue weighted by Gasteiger charge is 2.03. The Labute approximate surface area is 134 Å². The van der Waals surface area contributed by atoms with Gasteiger partial charge in [0.15, 0.2) is 5.96 Å². The van der Waals surface area contributed by atoms with Crippen LogP contribution in [0.1, 0.15) is 52.8 Å². The predicted octanol–water partition coefficient (Wildman–Crippen LogP) is 2.22. The molecule has 0 bridgehead atoms. The molecule has 0 atom stereocenters. The van der Waals surface area contributed by atoms with Crippen LogP contribution in [0.3, 0.4) is 0 Å². The maximum Gasteiger partial charge on any atom is 0.191 e. The Balaban J connectivity index is 2.40. The number of nitrogens with zero attached hydrogens (tertiary/aromatic N) is 4. The fourth-order valence-corrected chi connectivity index (χ4v) is 2.06. The van der Waals surface area contributed by atoms with Gasteiger partial charge in [0.25, 0.3) is 0 Å². The molecular formula is C16H32N6. The first-order valence-electron chi connectivity index (χ1n) is 8.56. The lowest BCUT2D eigenvalue weighted by atomic mass is 10.2. The van der Waals surface area contributed by atoms with Crippen molar-refractivity contribution in [2.75, 3.05) is 19.6 Å². The number of unbranched alkanes of at least 4 members (excludes halogenated alkanes) is 2. The first kappa shape index (κ1) is 18.5. The van der Waals surface area contributed by atoms with Gasteiger partial charge in [0.05, 0.1) is 0 Å². The zero-order chi connectivity index (χ0) is 16.2. The van der Waals surface area contributed by atoms with Crippen molar-refractivity contribution in [2.45, 2.75) is 59.9 Å². The van der Waals surface area contributed by atoms with E-state index < -0.39 is 0 Å². The van der Waals surface area contributed by atoms with Gasteiger partial charge in [-0.1, -0.05) is 40.5 Å². The molecule has 1 aromatic rings. The summed E-state index contributed by atoms with van der Waals surface area (Å²) in [5, 5.41) is 14.9. The first-order valence-corrected chi connectivity index (χ1v) is 8.56. The third-order valence-electron chi connectivity index (χ3n) is 3.34. The van der Waals surface area contributed by atoms with E-state index in [-0.39, 0.29) is 0 Å². The Morgan fingerprint density at radius 2 is 2.00 bits per heavy atom. The summed E-state index contributed by atoms with van der Waals surface area (Å²) in [7, 11) is 0. The molecule has 0 aliphatic heterocycles. The van der Waals surface area contributed by atoms with Crippen LogP contribution >= 0.6 is 0 Å². The lowest BCUT2D eigenvalue weighted by molar-refractivity contribution is 0.617. The third kappa shape index (κ3) is 7.43. The van der Waals surface area contributed by atoms with Gasteiger partial charge in [-0.25, -0.2) is 0 Å². The molecule has 2 N–H and O–H groups in total. The molecule has 0 saturated heterocycles. The van der Waals surface area contributed by atoms with Gasteiger partial charge in [0.1, 0.15) is 12.2 Å². The smallest absolute Gasteiger partial charge is 0.191 e. The molecule has 1 aromatic heterocycles. The van der Waals surface area contributed by atoms with Gasteiger partial charge >= 0.3 is 0 Å². The second-order valence-corrected chi connectivity index (χ2v) is 5.94. The van der Waals surface area contributed by atoms with Gasteiger partial charge in [-0.05, 0) is 12.3 Å². The summed E-state index contributed by atoms with van der Waals surface area (Å²) < 4.78 is 2.09. The van der Waals surface area contributed by atoms with Crippen LogP contribution in [0.4, 0.5) is 0 Å². The van der Waals surface area contributed by atoms with Crippen molar-refractivity contribution < 1.29 is 0 Å². The zero-order valence-electron chi connectivity index (χ0n) is 14.6. The molecule has 0 fully saturated rings. The van der Waals surface area contributed by atoms with Crippen molar-refractivity contribution in [1.82, 2.24) is 25.4 Å². The fourth-order valence-electron chi connectivity index (χ4n) is 2.06. The first-order chi connectivity index (χ1) is 10.7. The van der Waals surface area contributed by atoms with Crippen LogP contribution in [0.15, 0.2) is 11.3 Å². The normalized spacial score (nSPS) is 12.0. The van der Waals surface area contributed by atoms with Gasteiger partial charge < -0.3 is 15.2 Å². The Morgan fingerprint density at radius 3 is 2.68 bits per heavy atom. The molecule has 0 aliphatic carbocycles. The number of hydrogen-bond acceptors (Lipinski definition) is 3. The van der Waals surface area contributed by atoms with E-state index in [1.54, 1.807) is 6.33 Å². The van der Waals surface area contributed by atoms with Crippen LogP contribution < -0.4 is 10.6 Å². The number of guanidine groups is 1. The number of aromatic nitrogens is 3. The van der Waals surface area contributed by atoms with E-state index in [2.05, 4.69) is 58.1 Å². The molecule has 0 spiro atoms. The Hall–Kier alpha value is -1.59. The van der Waals surface area contributed by atoms with Gasteiger partial charge in [-0.15, -0.1) is 10.2 Å². The summed E-state index contributed by atoms with van der Waals surface area (Å²) in [6.45, 7) is 12.2. The third-order valence-corrected chi connectivity index (χ3v) is 3.34. The van der Waals surface area contributed by atoms with E-state index in [0.717, 1.165) is 44.4 Å². The minimum atomic E-state index is 0.568. The topological polar surface area (TPSA) is 67.1 Å². The standard InChI is InChI=1S/C16H32N6/c1-5-7-8-9-17-16(19-12-14(3)4)18-10-11-22-13-20-21-15(22)6-2/h13-14H,5-12H2,1-4H3,(H2,17,18,19). The molecule has 0 saturated carbocycles. The van der Waals surface area contributed by atoms with E-state index in [1.807, 2.05) is 0 Å². The molecule has 6 heteroatoms. The van der Waals surface area contributed by atoms with Gasteiger partial charge in [0.2, 0.25) is 0 Å². The second kappa shape index (κ2) is 11.0. The average molecular weight is 308 g/mol. The van der Waals surface area contributed by atoms with Crippen molar-refractivity contribution in [1.29, 1.82) is 0 Å². The maximum absolute atomic E-state index is 4.64. The molecular weight excluding hydrogens is 276 g/mol. The van der Waals surface area contributed by atoms with Crippen LogP contribution in [0.5, 0.6) is 0 Å². The molecule has 6 nitrogen and oxygen atoms in total. The molecule has 0 aromatic carbocycles. The summed E-state index contributed by atoms with van der Waals surface area (Å²) in [6.07, 6.45) is 6.38. The monoisotopic (exact) mass is 308 g/mol. The van der Waals surface area contributed by atoms with Crippen LogP contribution in [0.25, 0.3) is 0 Å². The summed E-state index contributed by atoms with van der Waals surface area (Å²) in [5.41, 5.74) is 0. The molecule has 1 rings (SSSR count). The molecule has 0 radical (unpaired) electrons. The Bertz CT molecular complexity index is 424. The fraction of sp³-hybridized carbons (Fsp3) is 0.812. The van der Waals surface area contributed by atoms with E-state index in [4.69, 9.17) is 0 Å². The van der Waals surface area contributed by atoms with Crippen LogP contribution in [0.2, 0.25) is 0 Å². The highest BCUT2D eigenvalue weighted by molar-refractivity contribution is 5.79. The molecule has 1 heterocycles. The van der Waals surface area contributed by atoms with Gasteiger partial charge in [0, 0.05) is 32.6 Å². The van der Waals surface area contributed by atoms with E-state index in [1.165, 1.54) is 19.3 Å². The SMILES string of the molecule is CCCCCNC(=NCC(C)C)NCCn1cnnc1CC. The molecule has 0 amide bonds. The van der Waals surface area contributed by atoms with Crippen molar-refractivity contribution in [2.24, 2.45) is 10.9 Å². The number of rotatable bonds is 10. The van der Waals surface area contributed by atoms with E-state index >= 15 is 0 Å². The summed E-state index contributed by atoms with van der Waals surface area (Å²) in [5.74, 6) is 2.51. The van der Waals surface area contributed by atoms with Crippen molar-refractivity contribution >= 4 is 5.96 Å². The largest absolute Gasteiger partial charge is 0.356 e. The highest BCUT2D eigenvalue weighted by atomic mass is 15.3. The maximum atomic E-state index is 4.64. The number of nitrogens with one attached hydrogen (secondary N) is 2. The zero-order valence-corrected chi connectivity index (χ0v) is 14.6. The van der Waals surface area contributed by atoms with Crippen LogP contribution in [-0.4, -0.2) is 40.4 Å². The van der Waals surface area contributed by atoms with Crippen LogP contribution in [0, 0.1) is 5.92 Å². The Morgan fingerprint density at radius 1 is 1.23 bits per heavy atom. The quantitative estimate of drug-likeness (QED) is 0.395. The number of hydrogen-bond donors (Lipinski definition) is 2. The average Bonchev–Trinajstić information content (AvgIpc) is 2.95. The summed E-state index contributed by atoms with van der Waals surface area (Å²) >= 11 is 0. The summed E-state index contributed by atoms with van der Waals surface area (Å²) in [4.78, 5) is 4.64. The van der Waals surface area contributed by atoms with E-state index in [0.29, 0.717) is 5.92 Å². The van der Waals surface area contributed by atoms with Crippen molar-refractivity contribution in [3.05, 3.63) is 12.2 Å². The van der Waals surface area contributed by atoms with Crippen LogP contribution in [-0.2, 0) is 13.0 Å². The molecule has 22 heavy (non-hydrogen) atoms. The van der Waals surface area contributed by atoms with Gasteiger partial charge in [-0.3, -0.25) is 4.99 Å². The minimum absolute atomic E-state index is 0.568. The van der Waals surface area contributed by atoms with Crippen molar-refractivity contribution in [3.8, 4) is 0 Å². The van der Waals surface area contributed by atoms with Crippen molar-refractivity contribution in [3.63, 3.8) is 0 Å². The number of aryl methyl sites for hydroxylation is 1. The van der Waals surface area contributed by atoms with E-state index in [9.17, 15) is 0 Å². The lowest BCUT2D eigenvalue weighted by Crippen LogP contribution is -2.39. The lowest BCUT2D eigenvalue weighted by Gasteiger charge is -2.14.